The molecule has 0 rings (SSSR count). The molecule has 17 nitrogen and oxygen atoms in total. The number of alkyl carbamates (subject to hydrolysis) is 2. The summed E-state index contributed by atoms with van der Waals surface area (Å²) in [4.78, 5) is 83.6. The number of nitrogens with two attached hydrogens (primary N) is 1. The zero-order chi connectivity index (χ0) is 66.2. The molecule has 0 saturated carbocycles. The van der Waals surface area contributed by atoms with Crippen molar-refractivity contribution in [3.05, 3.63) is 0 Å². The number of carbonyl (C=O) groups excluding carboxylic acids is 6. The van der Waals surface area contributed by atoms with E-state index in [1.54, 1.807) is 88.0 Å². The normalized spacial score (nSPS) is 12.5. The SMILES string of the molecule is CCCCCCCCCCCCCCCCCCC(CCCCCCCCCCCCCCCCCC)(OCC(=O)OCC(CCCN(CCCNC(=O)OC(C)(C)C)C(=O)OC(C)(C)C)N(CCCNC(=O)OC(C)(C)C)C(=O)OC(C)(C)C)C(N)=O. The van der Waals surface area contributed by atoms with Gasteiger partial charge in [-0.1, -0.05) is 219 Å². The van der Waals surface area contributed by atoms with Gasteiger partial charge < -0.3 is 54.6 Å². The van der Waals surface area contributed by atoms with Gasteiger partial charge in [0.25, 0.3) is 0 Å². The van der Waals surface area contributed by atoms with Crippen LogP contribution in [0, 0.1) is 0 Å². The summed E-state index contributed by atoms with van der Waals surface area (Å²) >= 11 is 0. The Balaban J connectivity index is 6.31. The van der Waals surface area contributed by atoms with E-state index in [4.69, 9.17) is 34.2 Å². The Bertz CT molecular complexity index is 1770. The lowest BCUT2D eigenvalue weighted by Gasteiger charge is -2.34. The highest BCUT2D eigenvalue weighted by Crippen LogP contribution is 2.29. The number of primary amides is 1. The van der Waals surface area contributed by atoms with Crippen LogP contribution in [0.2, 0.25) is 0 Å². The Labute approximate surface area is 538 Å². The van der Waals surface area contributed by atoms with Gasteiger partial charge in [0.1, 0.15) is 41.2 Å². The number of esters is 1. The number of unbranched alkanes of at least 4 members (excludes halogenated alkanes) is 30. The van der Waals surface area contributed by atoms with Crippen LogP contribution in [0.4, 0.5) is 19.2 Å². The molecule has 0 radical (unpaired) electrons. The Morgan fingerprint density at radius 3 is 1.06 bits per heavy atom. The minimum absolute atomic E-state index is 0.110. The van der Waals surface area contributed by atoms with E-state index in [0.717, 1.165) is 51.4 Å². The molecule has 1 unspecified atom stereocenters. The van der Waals surface area contributed by atoms with E-state index in [2.05, 4.69) is 24.5 Å². The summed E-state index contributed by atoms with van der Waals surface area (Å²) in [5.74, 6) is -1.29. The lowest BCUT2D eigenvalue weighted by atomic mass is 9.88. The number of amides is 5. The summed E-state index contributed by atoms with van der Waals surface area (Å²) in [6.07, 6.45) is 39.1. The van der Waals surface area contributed by atoms with Gasteiger partial charge in [-0.05, 0) is 122 Å². The van der Waals surface area contributed by atoms with Gasteiger partial charge in [-0.25, -0.2) is 24.0 Å². The molecule has 0 aliphatic carbocycles. The molecule has 1 atom stereocenters. The van der Waals surface area contributed by atoms with Gasteiger partial charge in [-0.15, -0.1) is 0 Å². The number of nitrogens with zero attached hydrogens (tertiary/aromatic N) is 2. The van der Waals surface area contributed by atoms with E-state index < -0.39 is 76.9 Å². The van der Waals surface area contributed by atoms with Crippen LogP contribution in [0.5, 0.6) is 0 Å². The molecule has 0 aromatic rings. The number of nitrogens with one attached hydrogen (secondary N) is 2. The largest absolute Gasteiger partial charge is 0.462 e. The molecule has 518 valence electrons. The fourth-order valence-electron chi connectivity index (χ4n) is 10.7. The van der Waals surface area contributed by atoms with Crippen LogP contribution in [-0.2, 0) is 38.0 Å². The molecule has 0 aliphatic rings. The summed E-state index contributed by atoms with van der Waals surface area (Å²) in [5, 5.41) is 5.50. The van der Waals surface area contributed by atoms with Gasteiger partial charge in [0.05, 0.1) is 6.04 Å². The topological polar surface area (TPSA) is 214 Å². The minimum atomic E-state index is -1.35. The first-order valence-electron chi connectivity index (χ1n) is 35.5. The van der Waals surface area contributed by atoms with Crippen molar-refractivity contribution in [1.82, 2.24) is 20.4 Å². The maximum absolute atomic E-state index is 14.2. The van der Waals surface area contributed by atoms with Crippen molar-refractivity contribution in [2.24, 2.45) is 5.73 Å². The molecule has 0 aromatic heterocycles. The predicted octanol–water partition coefficient (Wildman–Crippen LogP) is 18.5. The lowest BCUT2D eigenvalue weighted by molar-refractivity contribution is -0.164. The molecule has 88 heavy (non-hydrogen) atoms. The van der Waals surface area contributed by atoms with E-state index in [0.29, 0.717) is 32.1 Å². The summed E-state index contributed by atoms with van der Waals surface area (Å²) in [5.41, 5.74) is 1.90. The summed E-state index contributed by atoms with van der Waals surface area (Å²) < 4.78 is 35.0. The Morgan fingerprint density at radius 2 is 0.716 bits per heavy atom. The number of ether oxygens (including phenoxy) is 6. The van der Waals surface area contributed by atoms with Crippen molar-refractivity contribution in [3.8, 4) is 0 Å². The van der Waals surface area contributed by atoms with Crippen LogP contribution < -0.4 is 16.4 Å². The molecular formula is C71H137N5O12. The predicted molar refractivity (Wildman–Crippen MR) is 359 cm³/mol. The monoisotopic (exact) mass is 1250 g/mol. The Morgan fingerprint density at radius 1 is 0.398 bits per heavy atom. The van der Waals surface area contributed by atoms with Crippen molar-refractivity contribution in [2.75, 3.05) is 45.9 Å². The number of hydrogen-bond acceptors (Lipinski definition) is 12. The number of rotatable bonds is 53. The molecule has 0 fully saturated rings. The highest BCUT2D eigenvalue weighted by molar-refractivity contribution is 5.84. The lowest BCUT2D eigenvalue weighted by Crippen LogP contribution is -2.48. The maximum Gasteiger partial charge on any atom is 0.410 e. The Hall–Kier alpha value is -4.02. The van der Waals surface area contributed by atoms with Crippen LogP contribution in [0.15, 0.2) is 0 Å². The first kappa shape index (κ1) is 84.0. The number of carbonyl (C=O) groups is 6. The smallest absolute Gasteiger partial charge is 0.410 e. The number of hydrogen-bond donors (Lipinski definition) is 3. The van der Waals surface area contributed by atoms with E-state index in [1.165, 1.54) is 159 Å². The molecular weight excluding hydrogens is 1110 g/mol. The molecule has 0 heterocycles. The second-order valence-corrected chi connectivity index (χ2v) is 28.9. The van der Waals surface area contributed by atoms with Gasteiger partial charge >= 0.3 is 30.3 Å². The average Bonchev–Trinajstić information content (AvgIpc) is 3.15. The zero-order valence-electron chi connectivity index (χ0n) is 59.3. The third-order valence-electron chi connectivity index (χ3n) is 15.4. The Kier molecular flexibility index (Phi) is 47.4. The van der Waals surface area contributed by atoms with Crippen molar-refractivity contribution < 1.29 is 57.2 Å². The molecule has 0 bridgehead atoms. The van der Waals surface area contributed by atoms with Gasteiger partial charge in [-0.2, -0.15) is 0 Å². The fourth-order valence-corrected chi connectivity index (χ4v) is 10.7. The van der Waals surface area contributed by atoms with Gasteiger partial charge in [0, 0.05) is 32.7 Å². The second-order valence-electron chi connectivity index (χ2n) is 28.9. The highest BCUT2D eigenvalue weighted by Gasteiger charge is 2.38. The molecule has 0 aliphatic heterocycles. The second kappa shape index (κ2) is 49.7. The molecule has 0 aromatic carbocycles. The highest BCUT2D eigenvalue weighted by atomic mass is 16.6. The van der Waals surface area contributed by atoms with Crippen molar-refractivity contribution >= 4 is 36.2 Å². The third-order valence-corrected chi connectivity index (χ3v) is 15.4. The van der Waals surface area contributed by atoms with Gasteiger partial charge in [0.2, 0.25) is 5.91 Å². The zero-order valence-corrected chi connectivity index (χ0v) is 59.3. The van der Waals surface area contributed by atoms with E-state index in [1.807, 2.05) is 0 Å². The molecule has 0 spiro atoms. The van der Waals surface area contributed by atoms with Gasteiger partial charge in [0.15, 0.2) is 0 Å². The van der Waals surface area contributed by atoms with Crippen LogP contribution in [0.1, 0.15) is 341 Å². The third kappa shape index (κ3) is 50.7. The molecule has 17 heteroatoms. The van der Waals surface area contributed by atoms with Crippen LogP contribution in [-0.4, -0.2) is 126 Å². The van der Waals surface area contributed by atoms with E-state index >= 15 is 0 Å². The van der Waals surface area contributed by atoms with E-state index in [9.17, 15) is 28.8 Å². The standard InChI is InChI=1S/C71H137N5O12/c1-15-17-19-21-23-25-27-29-31-33-35-37-39-41-43-45-51-71(62(72)78,52-46-44-42-40-38-36-34-32-30-28-26-24-22-20-18-16-2)84-59-61(77)83-58-60(76(66(82)88-70(12,13)14)57-49-54-74-64(80)86-68(6,7)8)50-47-55-75(65(81)87-69(9,10)11)56-48-53-73-63(79)85-67(3,4)5/h60H,15-59H2,1-14H3,(H2,72,78)(H,73,79)(H,74,80). The summed E-state index contributed by atoms with van der Waals surface area (Å²) in [7, 11) is 0. The molecule has 4 N–H and O–H groups in total. The van der Waals surface area contributed by atoms with Crippen LogP contribution in [0.3, 0.4) is 0 Å². The summed E-state index contributed by atoms with van der Waals surface area (Å²) in [6.45, 7) is 26.1. The van der Waals surface area contributed by atoms with Gasteiger partial charge in [-0.3, -0.25) is 4.79 Å². The quantitative estimate of drug-likeness (QED) is 0.0295. The van der Waals surface area contributed by atoms with Crippen molar-refractivity contribution in [1.29, 1.82) is 0 Å². The van der Waals surface area contributed by atoms with Crippen LogP contribution in [0.25, 0.3) is 0 Å². The van der Waals surface area contributed by atoms with Crippen molar-refractivity contribution in [2.45, 2.75) is 375 Å². The minimum Gasteiger partial charge on any atom is -0.462 e. The summed E-state index contributed by atoms with van der Waals surface area (Å²) in [6, 6.07) is -0.759. The van der Waals surface area contributed by atoms with Crippen LogP contribution >= 0.6 is 0 Å². The first-order valence-corrected chi connectivity index (χ1v) is 35.5. The maximum atomic E-state index is 14.2. The molecule has 5 amide bonds. The average molecular weight is 1250 g/mol. The first-order chi connectivity index (χ1) is 41.5. The fraction of sp³-hybridized carbons (Fsp3) is 0.915. The van der Waals surface area contributed by atoms with Crippen molar-refractivity contribution in [3.63, 3.8) is 0 Å². The molecule has 0 saturated heterocycles. The van der Waals surface area contributed by atoms with E-state index in [-0.39, 0.29) is 45.8 Å².